The lowest BCUT2D eigenvalue weighted by atomic mass is 10.2. The van der Waals surface area contributed by atoms with Crippen LogP contribution in [0.1, 0.15) is 23.7 Å². The molecule has 0 aliphatic carbocycles. The van der Waals surface area contributed by atoms with Gasteiger partial charge in [0.1, 0.15) is 11.4 Å². The van der Waals surface area contributed by atoms with Crippen LogP contribution in [-0.2, 0) is 13.6 Å². The van der Waals surface area contributed by atoms with Crippen molar-refractivity contribution in [3.05, 3.63) is 26.4 Å². The van der Waals surface area contributed by atoms with Crippen LogP contribution in [0.2, 0.25) is 0 Å². The highest BCUT2D eigenvalue weighted by Gasteiger charge is 2.21. The van der Waals surface area contributed by atoms with E-state index in [4.69, 9.17) is 5.73 Å². The number of anilines is 1. The third kappa shape index (κ3) is 3.73. The van der Waals surface area contributed by atoms with Crippen LogP contribution in [-0.4, -0.2) is 37.1 Å². The lowest BCUT2D eigenvalue weighted by molar-refractivity contribution is 0.102. The van der Waals surface area contributed by atoms with Crippen LogP contribution < -0.4 is 17.0 Å². The summed E-state index contributed by atoms with van der Waals surface area (Å²) in [6.45, 7) is 2.23. The molecule has 2 aromatic heterocycles. The Bertz CT molecular complexity index is 871. The molecule has 2 rings (SSSR count). The second-order valence-corrected chi connectivity index (χ2v) is 8.06. The lowest BCUT2D eigenvalue weighted by Crippen LogP contribution is -2.42. The molecule has 0 aliphatic rings. The van der Waals surface area contributed by atoms with Gasteiger partial charge in [-0.15, -0.1) is 10.2 Å². The second-order valence-electron chi connectivity index (χ2n) is 4.81. The fourth-order valence-electron chi connectivity index (χ4n) is 2.02. The van der Waals surface area contributed by atoms with Crippen molar-refractivity contribution in [2.45, 2.75) is 28.6 Å². The Labute approximate surface area is 150 Å². The van der Waals surface area contributed by atoms with Crippen LogP contribution in [0.3, 0.4) is 0 Å². The number of nitrogens with zero attached hydrogens (tertiary/aromatic N) is 4. The van der Waals surface area contributed by atoms with Crippen LogP contribution in [0.25, 0.3) is 0 Å². The summed E-state index contributed by atoms with van der Waals surface area (Å²) in [6.07, 6.45) is 2.55. The molecule has 0 aromatic carbocycles. The SMILES string of the molecule is CCCn1c(N)c(C(=O)CSc2nnc(SC)s2)c(=O)n(C)c1=O. The Kier molecular flexibility index (Phi) is 6.24. The van der Waals surface area contributed by atoms with Gasteiger partial charge in [0.15, 0.2) is 14.5 Å². The summed E-state index contributed by atoms with van der Waals surface area (Å²) >= 11 is 4.05. The molecule has 130 valence electrons. The Morgan fingerprint density at radius 1 is 1.29 bits per heavy atom. The van der Waals surface area contributed by atoms with Gasteiger partial charge in [-0.25, -0.2) is 4.79 Å². The first-order chi connectivity index (χ1) is 11.4. The molecule has 0 saturated heterocycles. The van der Waals surface area contributed by atoms with Crippen LogP contribution >= 0.6 is 34.9 Å². The largest absolute Gasteiger partial charge is 0.384 e. The average molecular weight is 388 g/mol. The van der Waals surface area contributed by atoms with Gasteiger partial charge in [-0.05, 0) is 12.7 Å². The zero-order valence-corrected chi connectivity index (χ0v) is 15.9. The zero-order valence-electron chi connectivity index (χ0n) is 13.4. The second kappa shape index (κ2) is 7.99. The number of ketones is 1. The van der Waals surface area contributed by atoms with E-state index >= 15 is 0 Å². The van der Waals surface area contributed by atoms with Crippen LogP contribution in [0, 0.1) is 0 Å². The Morgan fingerprint density at radius 2 is 1.96 bits per heavy atom. The van der Waals surface area contributed by atoms with Crippen molar-refractivity contribution in [3.63, 3.8) is 0 Å². The Morgan fingerprint density at radius 3 is 2.54 bits per heavy atom. The van der Waals surface area contributed by atoms with Crippen LogP contribution in [0.15, 0.2) is 18.3 Å². The van der Waals surface area contributed by atoms with E-state index in [9.17, 15) is 14.4 Å². The predicted octanol–water partition coefficient (Wildman–Crippen LogP) is 1.09. The quantitative estimate of drug-likeness (QED) is 0.555. The Hall–Kier alpha value is -1.59. The van der Waals surface area contributed by atoms with Gasteiger partial charge in [0.05, 0.1) is 5.75 Å². The van der Waals surface area contributed by atoms with Crippen molar-refractivity contribution in [2.75, 3.05) is 17.7 Å². The van der Waals surface area contributed by atoms with Gasteiger partial charge in [0, 0.05) is 13.6 Å². The zero-order chi connectivity index (χ0) is 17.9. The third-order valence-electron chi connectivity index (χ3n) is 3.20. The minimum absolute atomic E-state index is 0.00673. The lowest BCUT2D eigenvalue weighted by Gasteiger charge is -2.13. The standard InChI is InChI=1S/C13H17N5O3S3/c1-4-5-18-9(14)8(10(20)17(2)13(18)21)7(19)6-23-12-16-15-11(22-3)24-12/h4-6,14H2,1-3H3. The maximum Gasteiger partial charge on any atom is 0.332 e. The van der Waals surface area contributed by atoms with E-state index in [-0.39, 0.29) is 17.1 Å². The summed E-state index contributed by atoms with van der Waals surface area (Å²) in [5.74, 6) is -0.492. The van der Waals surface area contributed by atoms with Gasteiger partial charge >= 0.3 is 5.69 Å². The van der Waals surface area contributed by atoms with E-state index in [0.29, 0.717) is 17.3 Å². The average Bonchev–Trinajstić information content (AvgIpc) is 3.03. The summed E-state index contributed by atoms with van der Waals surface area (Å²) < 4.78 is 3.62. The summed E-state index contributed by atoms with van der Waals surface area (Å²) in [5, 5.41) is 7.91. The van der Waals surface area contributed by atoms with Crippen molar-refractivity contribution in [1.82, 2.24) is 19.3 Å². The van der Waals surface area contributed by atoms with Crippen molar-refractivity contribution >= 4 is 46.5 Å². The van der Waals surface area contributed by atoms with E-state index in [1.54, 1.807) is 0 Å². The number of carbonyl (C=O) groups excluding carboxylic acids is 1. The maximum atomic E-state index is 12.5. The number of carbonyl (C=O) groups is 1. The first-order valence-electron chi connectivity index (χ1n) is 7.03. The molecule has 2 aromatic rings. The van der Waals surface area contributed by atoms with E-state index in [0.717, 1.165) is 8.91 Å². The van der Waals surface area contributed by atoms with Crippen molar-refractivity contribution < 1.29 is 4.79 Å². The molecule has 0 saturated carbocycles. The van der Waals surface area contributed by atoms with E-state index < -0.39 is 17.0 Å². The number of hydrogen-bond acceptors (Lipinski definition) is 9. The molecule has 11 heteroatoms. The van der Waals surface area contributed by atoms with E-state index in [1.807, 2.05) is 13.2 Å². The molecule has 0 unspecified atom stereocenters. The molecular weight excluding hydrogens is 370 g/mol. The third-order valence-corrected chi connectivity index (χ3v) is 6.23. The number of thioether (sulfide) groups is 2. The summed E-state index contributed by atoms with van der Waals surface area (Å²) in [6, 6.07) is 0. The number of Topliss-reactive ketones (excluding diaryl/α,β-unsaturated/α-hetero) is 1. The number of aromatic nitrogens is 4. The Balaban J connectivity index is 2.31. The monoisotopic (exact) mass is 387 g/mol. The molecule has 0 atom stereocenters. The molecule has 8 nitrogen and oxygen atoms in total. The van der Waals surface area contributed by atoms with Crippen molar-refractivity contribution in [1.29, 1.82) is 0 Å². The van der Waals surface area contributed by atoms with Gasteiger partial charge in [0.2, 0.25) is 0 Å². The van der Waals surface area contributed by atoms with Gasteiger partial charge in [0.25, 0.3) is 5.56 Å². The summed E-state index contributed by atoms with van der Waals surface area (Å²) in [5.41, 5.74) is 4.60. The fourth-order valence-corrected chi connectivity index (χ4v) is 4.33. The van der Waals surface area contributed by atoms with Gasteiger partial charge in [-0.2, -0.15) is 0 Å². The highest BCUT2D eigenvalue weighted by Crippen LogP contribution is 2.27. The molecule has 0 aliphatic heterocycles. The first-order valence-corrected chi connectivity index (χ1v) is 10.1. The normalized spacial score (nSPS) is 11.0. The maximum absolute atomic E-state index is 12.5. The molecule has 2 N–H and O–H groups in total. The first kappa shape index (κ1) is 18.7. The molecule has 2 heterocycles. The van der Waals surface area contributed by atoms with Gasteiger partial charge < -0.3 is 5.73 Å². The van der Waals surface area contributed by atoms with Gasteiger partial charge in [-0.1, -0.05) is 41.8 Å². The number of nitrogen functional groups attached to an aromatic ring is 1. The smallest absolute Gasteiger partial charge is 0.332 e. The topological polar surface area (TPSA) is 113 Å². The predicted molar refractivity (Wildman–Crippen MR) is 97.4 cm³/mol. The van der Waals surface area contributed by atoms with Crippen molar-refractivity contribution in [2.24, 2.45) is 7.05 Å². The fraction of sp³-hybridized carbons (Fsp3) is 0.462. The van der Waals surface area contributed by atoms with Gasteiger partial charge in [-0.3, -0.25) is 18.7 Å². The molecule has 0 bridgehead atoms. The molecular formula is C13H17N5O3S3. The molecule has 0 amide bonds. The van der Waals surface area contributed by atoms with Crippen LogP contribution in [0.5, 0.6) is 0 Å². The number of nitrogens with two attached hydrogens (primary N) is 1. The van der Waals surface area contributed by atoms with Crippen molar-refractivity contribution in [3.8, 4) is 0 Å². The summed E-state index contributed by atoms with van der Waals surface area (Å²) in [4.78, 5) is 36.9. The minimum Gasteiger partial charge on any atom is -0.384 e. The number of rotatable bonds is 7. The highest BCUT2D eigenvalue weighted by molar-refractivity contribution is 8.03. The molecule has 24 heavy (non-hydrogen) atoms. The molecule has 0 fully saturated rings. The van der Waals surface area contributed by atoms with E-state index in [2.05, 4.69) is 10.2 Å². The molecule has 0 radical (unpaired) electrons. The molecule has 0 spiro atoms. The van der Waals surface area contributed by atoms with Crippen LogP contribution in [0.4, 0.5) is 5.82 Å². The summed E-state index contributed by atoms with van der Waals surface area (Å²) in [7, 11) is 1.34. The minimum atomic E-state index is -0.669. The highest BCUT2D eigenvalue weighted by atomic mass is 32.2. The number of hydrogen-bond donors (Lipinski definition) is 1. The van der Waals surface area contributed by atoms with E-state index in [1.165, 1.54) is 46.5 Å².